The molecule has 1 aromatic rings. The van der Waals surface area contributed by atoms with E-state index >= 15 is 0 Å². The molecule has 0 saturated heterocycles. The largest absolute Gasteiger partial charge is 0.468 e. The molecule has 1 heterocycles. The number of hydrogen-bond donors (Lipinski definition) is 0. The van der Waals surface area contributed by atoms with Gasteiger partial charge in [-0.05, 0) is 18.8 Å². The molecule has 0 spiro atoms. The summed E-state index contributed by atoms with van der Waals surface area (Å²) in [5.74, 6) is 0.323. The van der Waals surface area contributed by atoms with Gasteiger partial charge >= 0.3 is 5.97 Å². The van der Waals surface area contributed by atoms with Crippen molar-refractivity contribution in [2.75, 3.05) is 7.11 Å². The molecular formula is C8H10N2O2S2. The van der Waals surface area contributed by atoms with Gasteiger partial charge in [0, 0.05) is 0 Å². The van der Waals surface area contributed by atoms with Crippen molar-refractivity contribution in [2.24, 2.45) is 5.92 Å². The van der Waals surface area contributed by atoms with Crippen LogP contribution < -0.4 is 0 Å². The zero-order chi connectivity index (χ0) is 9.97. The molecule has 14 heavy (non-hydrogen) atoms. The molecule has 0 bridgehead atoms. The highest BCUT2D eigenvalue weighted by Gasteiger charge is 2.38. The molecule has 0 N–H and O–H groups in total. The van der Waals surface area contributed by atoms with Crippen molar-refractivity contribution in [1.82, 2.24) is 10.2 Å². The van der Waals surface area contributed by atoms with Gasteiger partial charge in [0.05, 0.1) is 7.11 Å². The summed E-state index contributed by atoms with van der Waals surface area (Å²) in [6.45, 7) is 0. The van der Waals surface area contributed by atoms with Crippen molar-refractivity contribution in [1.29, 1.82) is 0 Å². The molecule has 76 valence electrons. The lowest BCUT2D eigenvalue weighted by molar-refractivity contribution is -0.140. The minimum atomic E-state index is -0.146. The van der Waals surface area contributed by atoms with Gasteiger partial charge in [0.25, 0.3) is 0 Å². The molecule has 0 amide bonds. The quantitative estimate of drug-likeness (QED) is 0.580. The maximum Gasteiger partial charge on any atom is 0.319 e. The Balaban J connectivity index is 2.00. The first-order chi connectivity index (χ1) is 6.81. The number of ether oxygens (including phenoxy) is 1. The van der Waals surface area contributed by atoms with Gasteiger partial charge in [-0.15, -0.1) is 10.2 Å². The Morgan fingerprint density at radius 1 is 1.79 bits per heavy atom. The van der Waals surface area contributed by atoms with E-state index in [-0.39, 0.29) is 11.2 Å². The molecule has 6 heteroatoms. The average molecular weight is 230 g/mol. The lowest BCUT2D eigenvalue weighted by atomic mass is 10.3. The van der Waals surface area contributed by atoms with E-state index < -0.39 is 0 Å². The highest BCUT2D eigenvalue weighted by molar-refractivity contribution is 8.02. The molecule has 4 nitrogen and oxygen atoms in total. The first kappa shape index (κ1) is 9.92. The van der Waals surface area contributed by atoms with Crippen LogP contribution in [0.5, 0.6) is 0 Å². The molecule has 1 aliphatic rings. The number of methoxy groups -OCH3 is 1. The number of carbonyl (C=O) groups is 1. The van der Waals surface area contributed by atoms with Gasteiger partial charge in [-0.25, -0.2) is 0 Å². The smallest absolute Gasteiger partial charge is 0.319 e. The molecule has 2 rings (SSSR count). The minimum Gasteiger partial charge on any atom is -0.468 e. The van der Waals surface area contributed by atoms with Crippen LogP contribution in [0.4, 0.5) is 0 Å². The standard InChI is InChI=1S/C8H10N2O2S2/c1-12-7(11)6(5-2-3-5)14-8-10-9-4-13-8/h4-6H,2-3H2,1H3. The fraction of sp³-hybridized carbons (Fsp3) is 0.625. The van der Waals surface area contributed by atoms with Gasteiger partial charge in [-0.3, -0.25) is 4.79 Å². The predicted molar refractivity (Wildman–Crippen MR) is 54.3 cm³/mol. The second kappa shape index (κ2) is 4.27. The number of esters is 1. The first-order valence-corrected chi connectivity index (χ1v) is 6.08. The Morgan fingerprint density at radius 3 is 3.07 bits per heavy atom. The Hall–Kier alpha value is -0.620. The van der Waals surface area contributed by atoms with Crippen LogP contribution >= 0.6 is 23.1 Å². The summed E-state index contributed by atoms with van der Waals surface area (Å²) in [5, 5.41) is 7.55. The van der Waals surface area contributed by atoms with Gasteiger partial charge in [-0.2, -0.15) is 0 Å². The minimum absolute atomic E-state index is 0.0899. The summed E-state index contributed by atoms with van der Waals surface area (Å²) < 4.78 is 5.60. The number of nitrogens with zero attached hydrogens (tertiary/aromatic N) is 2. The third-order valence-electron chi connectivity index (χ3n) is 2.05. The normalized spacial score (nSPS) is 17.8. The zero-order valence-corrected chi connectivity index (χ0v) is 9.31. The van der Waals surface area contributed by atoms with Crippen LogP contribution in [-0.2, 0) is 9.53 Å². The van der Waals surface area contributed by atoms with E-state index in [1.54, 1.807) is 5.51 Å². The number of hydrogen-bond acceptors (Lipinski definition) is 6. The Bertz CT molecular complexity index is 311. The fourth-order valence-electron chi connectivity index (χ4n) is 1.17. The molecule has 1 saturated carbocycles. The van der Waals surface area contributed by atoms with Crippen molar-refractivity contribution < 1.29 is 9.53 Å². The lowest BCUT2D eigenvalue weighted by Gasteiger charge is -2.10. The van der Waals surface area contributed by atoms with E-state index in [2.05, 4.69) is 10.2 Å². The Morgan fingerprint density at radius 2 is 2.57 bits per heavy atom. The van der Waals surface area contributed by atoms with E-state index in [0.717, 1.165) is 17.2 Å². The zero-order valence-electron chi connectivity index (χ0n) is 7.67. The second-order valence-electron chi connectivity index (χ2n) is 3.10. The number of thioether (sulfide) groups is 1. The number of carbonyl (C=O) groups excluding carboxylic acids is 1. The van der Waals surface area contributed by atoms with Gasteiger partial charge in [0.15, 0.2) is 4.34 Å². The van der Waals surface area contributed by atoms with Crippen LogP contribution in [0.25, 0.3) is 0 Å². The average Bonchev–Trinajstić information content (AvgIpc) is 2.92. The molecule has 1 unspecified atom stereocenters. The maximum absolute atomic E-state index is 11.4. The van der Waals surface area contributed by atoms with Crippen LogP contribution in [0.3, 0.4) is 0 Å². The second-order valence-corrected chi connectivity index (χ2v) is 5.33. The van der Waals surface area contributed by atoms with Crippen LogP contribution in [-0.4, -0.2) is 28.5 Å². The van der Waals surface area contributed by atoms with Crippen LogP contribution in [0.2, 0.25) is 0 Å². The molecular weight excluding hydrogens is 220 g/mol. The van der Waals surface area contributed by atoms with E-state index in [9.17, 15) is 4.79 Å². The van der Waals surface area contributed by atoms with Crippen molar-refractivity contribution >= 4 is 29.1 Å². The summed E-state index contributed by atoms with van der Waals surface area (Å²) in [6, 6.07) is 0. The summed E-state index contributed by atoms with van der Waals surface area (Å²) >= 11 is 2.93. The lowest BCUT2D eigenvalue weighted by Crippen LogP contribution is -2.20. The third-order valence-corrected chi connectivity index (χ3v) is 4.23. The fourth-order valence-corrected chi connectivity index (χ4v) is 3.08. The molecule has 0 radical (unpaired) electrons. The molecule has 1 aromatic heterocycles. The molecule has 0 aromatic carbocycles. The van der Waals surface area contributed by atoms with Crippen molar-refractivity contribution in [3.05, 3.63) is 5.51 Å². The molecule has 0 aliphatic heterocycles. The van der Waals surface area contributed by atoms with Gasteiger partial charge in [0.1, 0.15) is 10.8 Å². The van der Waals surface area contributed by atoms with Gasteiger partial charge < -0.3 is 4.74 Å². The third kappa shape index (κ3) is 2.24. The first-order valence-electron chi connectivity index (χ1n) is 4.32. The van der Waals surface area contributed by atoms with Gasteiger partial charge in [-0.1, -0.05) is 23.1 Å². The van der Waals surface area contributed by atoms with Crippen LogP contribution in [0, 0.1) is 5.92 Å². The Labute approximate surface area is 90.1 Å². The predicted octanol–water partition coefficient (Wildman–Crippen LogP) is 1.58. The van der Waals surface area contributed by atoms with Crippen molar-refractivity contribution in [2.45, 2.75) is 22.4 Å². The SMILES string of the molecule is COC(=O)C(Sc1nncs1)C1CC1. The number of rotatable bonds is 4. The molecule has 1 fully saturated rings. The summed E-state index contributed by atoms with van der Waals surface area (Å²) in [6.07, 6.45) is 2.23. The monoisotopic (exact) mass is 230 g/mol. The Kier molecular flexibility index (Phi) is 3.02. The molecule has 1 aliphatic carbocycles. The van der Waals surface area contributed by atoms with E-state index in [4.69, 9.17) is 4.74 Å². The summed E-state index contributed by atoms with van der Waals surface area (Å²) in [7, 11) is 1.43. The maximum atomic E-state index is 11.4. The van der Waals surface area contributed by atoms with E-state index in [0.29, 0.717) is 5.92 Å². The van der Waals surface area contributed by atoms with E-state index in [1.165, 1.54) is 30.2 Å². The topological polar surface area (TPSA) is 52.1 Å². The van der Waals surface area contributed by atoms with Crippen LogP contribution in [0.15, 0.2) is 9.85 Å². The van der Waals surface area contributed by atoms with Crippen molar-refractivity contribution in [3.8, 4) is 0 Å². The number of aromatic nitrogens is 2. The summed E-state index contributed by atoms with van der Waals surface area (Å²) in [5.41, 5.74) is 1.67. The summed E-state index contributed by atoms with van der Waals surface area (Å²) in [4.78, 5) is 11.4. The van der Waals surface area contributed by atoms with Crippen molar-refractivity contribution in [3.63, 3.8) is 0 Å². The highest BCUT2D eigenvalue weighted by atomic mass is 32.2. The molecule has 1 atom stereocenters. The van der Waals surface area contributed by atoms with E-state index in [1.807, 2.05) is 0 Å². The van der Waals surface area contributed by atoms with Crippen LogP contribution in [0.1, 0.15) is 12.8 Å². The highest BCUT2D eigenvalue weighted by Crippen LogP contribution is 2.42. The van der Waals surface area contributed by atoms with Gasteiger partial charge in [0.2, 0.25) is 0 Å².